The number of aromatic nitrogens is 5. The molecule has 1 aliphatic rings. The predicted octanol–water partition coefficient (Wildman–Crippen LogP) is 4.14. The van der Waals surface area contributed by atoms with Crippen LogP contribution >= 0.6 is 0 Å². The molecule has 0 aliphatic heterocycles. The first-order valence-electron chi connectivity index (χ1n) is 11.7. The quantitative estimate of drug-likeness (QED) is 0.350. The maximum Gasteiger partial charge on any atom is 0.407 e. The number of pyridine rings is 1. The Balaban J connectivity index is 1.19. The van der Waals surface area contributed by atoms with Crippen LogP contribution in [-0.4, -0.2) is 44.3 Å². The van der Waals surface area contributed by atoms with Crippen molar-refractivity contribution in [2.45, 2.75) is 44.4 Å². The molecule has 3 heterocycles. The van der Waals surface area contributed by atoms with Crippen LogP contribution in [0.4, 0.5) is 16.3 Å². The topological polar surface area (TPSA) is 119 Å². The highest BCUT2D eigenvalue weighted by Crippen LogP contribution is 2.36. The Labute approximate surface area is 203 Å². The van der Waals surface area contributed by atoms with Gasteiger partial charge in [0.2, 0.25) is 0 Å². The van der Waals surface area contributed by atoms with E-state index in [0.717, 1.165) is 58.6 Å². The SMILES string of the molecule is COCc1nn(C)c2c(Nc3cc(C4CCC(OC(=O)NCc5cccnc5)C4)[nH]n3)cccc12. The Morgan fingerprint density at radius 1 is 1.26 bits per heavy atom. The second-order valence-electron chi connectivity index (χ2n) is 8.79. The van der Waals surface area contributed by atoms with Crippen molar-refractivity contribution < 1.29 is 14.3 Å². The molecule has 1 fully saturated rings. The zero-order chi connectivity index (χ0) is 24.2. The standard InChI is InChI=1S/C25H29N7O3/c1-32-24-19(22(31-32)15-34-2)6-3-7-20(24)28-23-12-21(29-30-23)17-8-9-18(11-17)35-25(33)27-14-16-5-4-10-26-13-16/h3-7,10,12-13,17-18H,8-9,11,14-15H2,1-2H3,(H,27,33)(H2,28,29,30). The number of nitrogens with one attached hydrogen (secondary N) is 3. The Hall–Kier alpha value is -3.92. The van der Waals surface area contributed by atoms with E-state index < -0.39 is 6.09 Å². The molecule has 0 spiro atoms. The van der Waals surface area contributed by atoms with Gasteiger partial charge in [-0.2, -0.15) is 10.2 Å². The van der Waals surface area contributed by atoms with Gasteiger partial charge in [0.1, 0.15) is 6.10 Å². The second kappa shape index (κ2) is 10.1. The number of anilines is 2. The zero-order valence-electron chi connectivity index (χ0n) is 19.8. The minimum Gasteiger partial charge on any atom is -0.446 e. The fourth-order valence-electron chi connectivity index (χ4n) is 4.70. The highest BCUT2D eigenvalue weighted by Gasteiger charge is 2.30. The number of hydrogen-bond acceptors (Lipinski definition) is 7. The van der Waals surface area contributed by atoms with E-state index in [4.69, 9.17) is 9.47 Å². The molecular formula is C25H29N7O3. The van der Waals surface area contributed by atoms with Crippen LogP contribution < -0.4 is 10.6 Å². The van der Waals surface area contributed by atoms with Gasteiger partial charge >= 0.3 is 6.09 Å². The summed E-state index contributed by atoms with van der Waals surface area (Å²) in [5.74, 6) is 0.996. The summed E-state index contributed by atoms with van der Waals surface area (Å²) in [6.45, 7) is 0.856. The number of para-hydroxylation sites is 1. The summed E-state index contributed by atoms with van der Waals surface area (Å²) in [4.78, 5) is 16.3. The fourth-order valence-corrected chi connectivity index (χ4v) is 4.70. The van der Waals surface area contributed by atoms with Crippen molar-refractivity contribution in [2.75, 3.05) is 12.4 Å². The lowest BCUT2D eigenvalue weighted by Gasteiger charge is -2.13. The maximum absolute atomic E-state index is 12.2. The molecule has 5 rings (SSSR count). The first-order valence-corrected chi connectivity index (χ1v) is 11.7. The van der Waals surface area contributed by atoms with E-state index in [0.29, 0.717) is 13.2 Å². The highest BCUT2D eigenvalue weighted by atomic mass is 16.6. The van der Waals surface area contributed by atoms with Gasteiger partial charge in [-0.1, -0.05) is 18.2 Å². The Kier molecular flexibility index (Phi) is 6.62. The van der Waals surface area contributed by atoms with Crippen molar-refractivity contribution in [3.63, 3.8) is 0 Å². The first-order chi connectivity index (χ1) is 17.1. The van der Waals surface area contributed by atoms with Gasteiger partial charge < -0.3 is 20.1 Å². The van der Waals surface area contributed by atoms with Gasteiger partial charge in [-0.05, 0) is 37.0 Å². The minimum atomic E-state index is -0.399. The second-order valence-corrected chi connectivity index (χ2v) is 8.79. The van der Waals surface area contributed by atoms with E-state index >= 15 is 0 Å². The van der Waals surface area contributed by atoms with Crippen LogP contribution in [-0.2, 0) is 29.7 Å². The van der Waals surface area contributed by atoms with Crippen molar-refractivity contribution in [3.05, 3.63) is 65.7 Å². The lowest BCUT2D eigenvalue weighted by atomic mass is 10.0. The van der Waals surface area contributed by atoms with Crippen molar-refractivity contribution >= 4 is 28.5 Å². The highest BCUT2D eigenvalue weighted by molar-refractivity contribution is 5.94. The third-order valence-electron chi connectivity index (χ3n) is 6.34. The lowest BCUT2D eigenvalue weighted by molar-refractivity contribution is 0.0996. The number of rotatable bonds is 8. The Morgan fingerprint density at radius 3 is 3.00 bits per heavy atom. The summed E-state index contributed by atoms with van der Waals surface area (Å²) in [6.07, 6.45) is 5.43. The van der Waals surface area contributed by atoms with Crippen LogP contribution in [0.25, 0.3) is 10.9 Å². The van der Waals surface area contributed by atoms with Gasteiger partial charge in [-0.25, -0.2) is 4.79 Å². The monoisotopic (exact) mass is 475 g/mol. The molecule has 10 heteroatoms. The molecule has 0 bridgehead atoms. The third kappa shape index (κ3) is 5.12. The lowest BCUT2D eigenvalue weighted by Crippen LogP contribution is -2.27. The first kappa shape index (κ1) is 22.9. The molecule has 1 aliphatic carbocycles. The van der Waals surface area contributed by atoms with E-state index in [-0.39, 0.29) is 12.0 Å². The van der Waals surface area contributed by atoms with E-state index in [2.05, 4.69) is 30.9 Å². The molecule has 0 radical (unpaired) electrons. The van der Waals surface area contributed by atoms with Crippen LogP contribution in [0.1, 0.15) is 42.1 Å². The molecule has 3 N–H and O–H groups in total. The van der Waals surface area contributed by atoms with Crippen molar-refractivity contribution in [1.29, 1.82) is 0 Å². The molecule has 3 aromatic heterocycles. The summed E-state index contributed by atoms with van der Waals surface area (Å²) in [5.41, 5.74) is 4.79. The number of aryl methyl sites for hydroxylation is 1. The minimum absolute atomic E-state index is 0.115. The molecule has 10 nitrogen and oxygen atoms in total. The van der Waals surface area contributed by atoms with Crippen LogP contribution in [0.5, 0.6) is 0 Å². The normalized spacial score (nSPS) is 17.5. The summed E-state index contributed by atoms with van der Waals surface area (Å²) >= 11 is 0. The number of carbonyl (C=O) groups excluding carboxylic acids is 1. The third-order valence-corrected chi connectivity index (χ3v) is 6.34. The average Bonchev–Trinajstić information content (AvgIpc) is 3.59. The summed E-state index contributed by atoms with van der Waals surface area (Å²) < 4.78 is 12.8. The van der Waals surface area contributed by atoms with E-state index in [9.17, 15) is 4.79 Å². The van der Waals surface area contributed by atoms with Crippen molar-refractivity contribution in [3.8, 4) is 0 Å². The van der Waals surface area contributed by atoms with Gasteiger partial charge in [0.05, 0.1) is 23.5 Å². The molecule has 4 aromatic rings. The number of alkyl carbamates (subject to hydrolysis) is 1. The molecule has 0 saturated heterocycles. The predicted molar refractivity (Wildman–Crippen MR) is 131 cm³/mol. The summed E-state index contributed by atoms with van der Waals surface area (Å²) in [6, 6.07) is 11.8. The fraction of sp³-hybridized carbons (Fsp3) is 0.360. The molecule has 35 heavy (non-hydrogen) atoms. The van der Waals surface area contributed by atoms with Crippen LogP contribution in [0.3, 0.4) is 0 Å². The Morgan fingerprint density at radius 2 is 2.17 bits per heavy atom. The van der Waals surface area contributed by atoms with Gasteiger partial charge in [0.25, 0.3) is 0 Å². The number of benzene rings is 1. The largest absolute Gasteiger partial charge is 0.446 e. The zero-order valence-corrected chi connectivity index (χ0v) is 19.8. The number of ether oxygens (including phenoxy) is 2. The molecule has 182 valence electrons. The van der Waals surface area contributed by atoms with Crippen LogP contribution in [0.2, 0.25) is 0 Å². The van der Waals surface area contributed by atoms with Gasteiger partial charge in [0, 0.05) is 56.2 Å². The molecule has 1 saturated carbocycles. The number of H-pyrrole nitrogens is 1. The molecule has 2 atom stereocenters. The smallest absolute Gasteiger partial charge is 0.407 e. The number of methoxy groups -OCH3 is 1. The van der Waals surface area contributed by atoms with Crippen molar-refractivity contribution in [1.82, 2.24) is 30.3 Å². The number of hydrogen-bond donors (Lipinski definition) is 3. The van der Waals surface area contributed by atoms with Gasteiger partial charge in [-0.3, -0.25) is 14.8 Å². The van der Waals surface area contributed by atoms with E-state index in [1.165, 1.54) is 0 Å². The van der Waals surface area contributed by atoms with Gasteiger partial charge in [-0.15, -0.1) is 0 Å². The van der Waals surface area contributed by atoms with Crippen molar-refractivity contribution in [2.24, 2.45) is 7.05 Å². The van der Waals surface area contributed by atoms with E-state index in [1.54, 1.807) is 19.5 Å². The summed E-state index contributed by atoms with van der Waals surface area (Å²) in [7, 11) is 3.59. The van der Waals surface area contributed by atoms with E-state index in [1.807, 2.05) is 48.1 Å². The summed E-state index contributed by atoms with van der Waals surface area (Å²) in [5, 5.41) is 19.5. The Bertz CT molecular complexity index is 1300. The van der Waals surface area contributed by atoms with Crippen LogP contribution in [0.15, 0.2) is 48.8 Å². The average molecular weight is 476 g/mol. The number of fused-ring (bicyclic) bond motifs is 1. The molecular weight excluding hydrogens is 446 g/mol. The van der Waals surface area contributed by atoms with Crippen LogP contribution in [0, 0.1) is 0 Å². The van der Waals surface area contributed by atoms with Gasteiger partial charge in [0.15, 0.2) is 5.82 Å². The number of carbonyl (C=O) groups is 1. The number of nitrogens with zero attached hydrogens (tertiary/aromatic N) is 4. The molecule has 2 unspecified atom stereocenters. The molecule has 1 aromatic carbocycles. The molecule has 1 amide bonds. The number of amides is 1. The number of aromatic amines is 1. The maximum atomic E-state index is 12.2.